The van der Waals surface area contributed by atoms with E-state index in [0.717, 1.165) is 28.4 Å². The number of hydrogen-bond acceptors (Lipinski definition) is 3. The Hall–Kier alpha value is -1.64. The second-order valence-corrected chi connectivity index (χ2v) is 3.37. The van der Waals surface area contributed by atoms with E-state index in [4.69, 9.17) is 14.2 Å². The van der Waals surface area contributed by atoms with Gasteiger partial charge in [0.25, 0.3) is 0 Å². The average Bonchev–Trinajstić information content (AvgIpc) is 2.28. The largest absolute Gasteiger partial charge is 0.496 e. The van der Waals surface area contributed by atoms with E-state index in [2.05, 4.69) is 0 Å². The molecule has 0 saturated carbocycles. The van der Waals surface area contributed by atoms with Gasteiger partial charge in [0.2, 0.25) is 0 Å². The molecule has 1 aliphatic heterocycles. The molecule has 0 unspecified atom stereocenters. The molecule has 1 aliphatic rings. The first-order chi connectivity index (χ1) is 7.27. The van der Waals surface area contributed by atoms with Crippen molar-refractivity contribution in [2.24, 2.45) is 0 Å². The summed E-state index contributed by atoms with van der Waals surface area (Å²) in [6.45, 7) is 2.55. The molecule has 0 fully saturated rings. The summed E-state index contributed by atoms with van der Waals surface area (Å²) in [7, 11) is 3.30. The molecule has 3 nitrogen and oxygen atoms in total. The van der Waals surface area contributed by atoms with Gasteiger partial charge in [0, 0.05) is 11.1 Å². The molecule has 0 radical (unpaired) electrons. The van der Waals surface area contributed by atoms with Crippen LogP contribution in [0.25, 0.3) is 6.08 Å². The van der Waals surface area contributed by atoms with Gasteiger partial charge in [-0.05, 0) is 19.1 Å². The first-order valence-electron chi connectivity index (χ1n) is 4.83. The van der Waals surface area contributed by atoms with Crippen LogP contribution in [0.1, 0.15) is 11.1 Å². The SMILES string of the molecule is COc1cc2c(c(OC)c1C)OCC=C2. The molecule has 0 amide bonds. The minimum atomic E-state index is 0.592. The quantitative estimate of drug-likeness (QED) is 0.743. The van der Waals surface area contributed by atoms with Gasteiger partial charge >= 0.3 is 0 Å². The first kappa shape index (κ1) is 9.90. The lowest BCUT2D eigenvalue weighted by atomic mass is 10.1. The summed E-state index contributed by atoms with van der Waals surface area (Å²) >= 11 is 0. The monoisotopic (exact) mass is 206 g/mol. The average molecular weight is 206 g/mol. The van der Waals surface area contributed by atoms with Crippen molar-refractivity contribution < 1.29 is 14.2 Å². The van der Waals surface area contributed by atoms with Gasteiger partial charge in [0.05, 0.1) is 14.2 Å². The Labute approximate surface area is 89.3 Å². The fourth-order valence-corrected chi connectivity index (χ4v) is 1.77. The van der Waals surface area contributed by atoms with Crippen LogP contribution in [-0.4, -0.2) is 20.8 Å². The van der Waals surface area contributed by atoms with E-state index in [1.165, 1.54) is 0 Å². The number of rotatable bonds is 2. The van der Waals surface area contributed by atoms with Crippen molar-refractivity contribution >= 4 is 6.08 Å². The highest BCUT2D eigenvalue weighted by atomic mass is 16.5. The summed E-state index contributed by atoms with van der Waals surface area (Å²) in [5.74, 6) is 2.38. The lowest BCUT2D eigenvalue weighted by Gasteiger charge is -2.19. The van der Waals surface area contributed by atoms with Gasteiger partial charge in [0.15, 0.2) is 11.5 Å². The molecule has 3 heteroatoms. The van der Waals surface area contributed by atoms with E-state index in [0.29, 0.717) is 6.61 Å². The lowest BCUT2D eigenvalue weighted by Crippen LogP contribution is -2.04. The van der Waals surface area contributed by atoms with Gasteiger partial charge in [-0.25, -0.2) is 0 Å². The van der Waals surface area contributed by atoms with Crippen LogP contribution in [0, 0.1) is 6.92 Å². The van der Waals surface area contributed by atoms with E-state index < -0.39 is 0 Å². The maximum Gasteiger partial charge on any atom is 0.169 e. The van der Waals surface area contributed by atoms with Crippen LogP contribution in [-0.2, 0) is 0 Å². The highest BCUT2D eigenvalue weighted by Crippen LogP contribution is 2.41. The molecular formula is C12H14O3. The summed E-state index contributed by atoms with van der Waals surface area (Å²) in [6, 6.07) is 1.96. The molecule has 0 aliphatic carbocycles. The maximum absolute atomic E-state index is 5.56. The third kappa shape index (κ3) is 1.54. The van der Waals surface area contributed by atoms with Crippen molar-refractivity contribution in [1.82, 2.24) is 0 Å². The molecule has 15 heavy (non-hydrogen) atoms. The topological polar surface area (TPSA) is 27.7 Å². The molecule has 0 saturated heterocycles. The molecule has 0 aromatic heterocycles. The molecule has 0 atom stereocenters. The van der Waals surface area contributed by atoms with E-state index >= 15 is 0 Å². The summed E-state index contributed by atoms with van der Waals surface area (Å²) in [4.78, 5) is 0. The van der Waals surface area contributed by atoms with Crippen LogP contribution >= 0.6 is 0 Å². The van der Waals surface area contributed by atoms with Crippen molar-refractivity contribution in [2.45, 2.75) is 6.92 Å². The van der Waals surface area contributed by atoms with Gasteiger partial charge in [-0.1, -0.05) is 6.08 Å². The van der Waals surface area contributed by atoms with E-state index in [9.17, 15) is 0 Å². The number of methoxy groups -OCH3 is 2. The number of fused-ring (bicyclic) bond motifs is 1. The Morgan fingerprint density at radius 1 is 1.27 bits per heavy atom. The molecule has 1 aromatic carbocycles. The van der Waals surface area contributed by atoms with Crippen LogP contribution < -0.4 is 14.2 Å². The zero-order valence-electron chi connectivity index (χ0n) is 9.16. The third-order valence-corrected chi connectivity index (χ3v) is 2.51. The van der Waals surface area contributed by atoms with Crippen molar-refractivity contribution in [3.63, 3.8) is 0 Å². The molecular weight excluding hydrogens is 192 g/mol. The van der Waals surface area contributed by atoms with Gasteiger partial charge in [-0.3, -0.25) is 0 Å². The Balaban J connectivity index is 2.64. The van der Waals surface area contributed by atoms with Crippen LogP contribution in [0.5, 0.6) is 17.2 Å². The molecule has 1 heterocycles. The van der Waals surface area contributed by atoms with Gasteiger partial charge < -0.3 is 14.2 Å². The zero-order valence-corrected chi connectivity index (χ0v) is 9.16. The highest BCUT2D eigenvalue weighted by Gasteiger charge is 2.18. The van der Waals surface area contributed by atoms with E-state index in [-0.39, 0.29) is 0 Å². The van der Waals surface area contributed by atoms with E-state index in [1.54, 1.807) is 14.2 Å². The fourth-order valence-electron chi connectivity index (χ4n) is 1.77. The van der Waals surface area contributed by atoms with Gasteiger partial charge in [-0.15, -0.1) is 0 Å². The van der Waals surface area contributed by atoms with Crippen LogP contribution in [0.15, 0.2) is 12.1 Å². The van der Waals surface area contributed by atoms with Gasteiger partial charge in [-0.2, -0.15) is 0 Å². The molecule has 1 aromatic rings. The third-order valence-electron chi connectivity index (χ3n) is 2.51. The Bertz CT molecular complexity index is 408. The van der Waals surface area contributed by atoms with E-state index in [1.807, 2.05) is 25.1 Å². The molecule has 80 valence electrons. The number of hydrogen-bond donors (Lipinski definition) is 0. The van der Waals surface area contributed by atoms with Crippen LogP contribution in [0.2, 0.25) is 0 Å². The normalized spacial score (nSPS) is 13.0. The molecule has 0 N–H and O–H groups in total. The number of ether oxygens (including phenoxy) is 3. The Kier molecular flexibility index (Phi) is 2.54. The summed E-state index contributed by atoms with van der Waals surface area (Å²) in [6.07, 6.45) is 3.99. The minimum absolute atomic E-state index is 0.592. The molecule has 2 rings (SSSR count). The Morgan fingerprint density at radius 3 is 2.73 bits per heavy atom. The zero-order chi connectivity index (χ0) is 10.8. The summed E-state index contributed by atoms with van der Waals surface area (Å²) in [5, 5.41) is 0. The van der Waals surface area contributed by atoms with Crippen molar-refractivity contribution in [3.8, 4) is 17.2 Å². The first-order valence-corrected chi connectivity index (χ1v) is 4.83. The highest BCUT2D eigenvalue weighted by molar-refractivity contribution is 5.69. The van der Waals surface area contributed by atoms with Crippen LogP contribution in [0.3, 0.4) is 0 Å². The molecule has 0 spiro atoms. The predicted molar refractivity (Wildman–Crippen MR) is 58.8 cm³/mol. The maximum atomic E-state index is 5.56. The second kappa shape index (κ2) is 3.85. The minimum Gasteiger partial charge on any atom is -0.496 e. The van der Waals surface area contributed by atoms with Crippen LogP contribution in [0.4, 0.5) is 0 Å². The van der Waals surface area contributed by atoms with Crippen molar-refractivity contribution in [2.75, 3.05) is 20.8 Å². The second-order valence-electron chi connectivity index (χ2n) is 3.37. The summed E-state index contributed by atoms with van der Waals surface area (Å²) in [5.41, 5.74) is 1.97. The predicted octanol–water partition coefficient (Wildman–Crippen LogP) is 2.42. The fraction of sp³-hybridized carbons (Fsp3) is 0.333. The summed E-state index contributed by atoms with van der Waals surface area (Å²) < 4.78 is 16.2. The number of benzene rings is 1. The smallest absolute Gasteiger partial charge is 0.169 e. The van der Waals surface area contributed by atoms with Crippen molar-refractivity contribution in [3.05, 3.63) is 23.3 Å². The van der Waals surface area contributed by atoms with Crippen molar-refractivity contribution in [1.29, 1.82) is 0 Å². The lowest BCUT2D eigenvalue weighted by molar-refractivity contribution is 0.317. The Morgan fingerprint density at radius 2 is 2.07 bits per heavy atom. The van der Waals surface area contributed by atoms with Gasteiger partial charge in [0.1, 0.15) is 12.4 Å². The standard InChI is InChI=1S/C12H14O3/c1-8-10(13-2)7-9-5-4-6-15-12(9)11(8)14-3/h4-5,7H,6H2,1-3H3. The molecule has 0 bridgehead atoms.